The Morgan fingerprint density at radius 2 is 1.40 bits per heavy atom. The Morgan fingerprint density at radius 1 is 0.771 bits per heavy atom. The van der Waals surface area contributed by atoms with Crippen molar-refractivity contribution in [3.05, 3.63) is 105 Å². The van der Waals surface area contributed by atoms with Crippen molar-refractivity contribution in [1.29, 1.82) is 0 Å². The molecular formula is C27H21BrCl2N2O3. The van der Waals surface area contributed by atoms with Crippen LogP contribution < -0.4 is 10.6 Å². The third-order valence-electron chi connectivity index (χ3n) is 5.82. The number of benzene rings is 3. The smallest absolute Gasteiger partial charge is 0.228 e. The maximum absolute atomic E-state index is 13.4. The fourth-order valence-electron chi connectivity index (χ4n) is 3.99. The van der Waals surface area contributed by atoms with E-state index in [0.717, 1.165) is 0 Å². The molecule has 0 heterocycles. The van der Waals surface area contributed by atoms with Gasteiger partial charge in [-0.25, -0.2) is 0 Å². The molecule has 0 spiro atoms. The average molecular weight is 572 g/mol. The van der Waals surface area contributed by atoms with Gasteiger partial charge in [0.25, 0.3) is 0 Å². The number of carbonyl (C=O) groups excluding carboxylic acids is 3. The molecule has 2 N–H and O–H groups in total. The van der Waals surface area contributed by atoms with Crippen LogP contribution in [0.3, 0.4) is 0 Å². The van der Waals surface area contributed by atoms with Crippen molar-refractivity contribution in [3.63, 3.8) is 0 Å². The highest BCUT2D eigenvalue weighted by Crippen LogP contribution is 2.31. The van der Waals surface area contributed by atoms with E-state index in [4.69, 9.17) is 23.2 Å². The summed E-state index contributed by atoms with van der Waals surface area (Å²) in [5, 5.41) is 6.64. The minimum Gasteiger partial charge on any atom is -0.326 e. The molecule has 8 heteroatoms. The van der Waals surface area contributed by atoms with Gasteiger partial charge in [0, 0.05) is 26.3 Å². The summed E-state index contributed by atoms with van der Waals surface area (Å²) in [5.74, 6) is -2.05. The van der Waals surface area contributed by atoms with Crippen molar-refractivity contribution < 1.29 is 14.4 Å². The SMILES string of the molecule is O=C(c1ccccc1Cl)c1cc(Br)ccc1NC(=O)C1CC=CCC1C(=O)Nc1ccc(Cl)cc1. The van der Waals surface area contributed by atoms with Gasteiger partial charge in [-0.2, -0.15) is 0 Å². The second kappa shape index (κ2) is 11.2. The zero-order valence-corrected chi connectivity index (χ0v) is 21.5. The van der Waals surface area contributed by atoms with Crippen LogP contribution in [0.25, 0.3) is 0 Å². The maximum atomic E-state index is 13.4. The highest BCUT2D eigenvalue weighted by Gasteiger charge is 2.34. The van der Waals surface area contributed by atoms with Gasteiger partial charge in [-0.15, -0.1) is 0 Å². The lowest BCUT2D eigenvalue weighted by Crippen LogP contribution is -2.37. The first kappa shape index (κ1) is 25.2. The van der Waals surface area contributed by atoms with E-state index in [1.165, 1.54) is 0 Å². The Bertz CT molecular complexity index is 1310. The van der Waals surface area contributed by atoms with Crippen LogP contribution in [0.2, 0.25) is 10.0 Å². The summed E-state index contributed by atoms with van der Waals surface area (Å²) < 4.78 is 0.687. The number of halogens is 3. The molecule has 2 atom stereocenters. The van der Waals surface area contributed by atoms with Crippen LogP contribution in [0.4, 0.5) is 11.4 Å². The molecule has 3 aromatic rings. The van der Waals surface area contributed by atoms with Gasteiger partial charge < -0.3 is 10.6 Å². The molecule has 5 nitrogen and oxygen atoms in total. The molecule has 4 rings (SSSR count). The number of amides is 2. The fourth-order valence-corrected chi connectivity index (χ4v) is 4.70. The Kier molecular flexibility index (Phi) is 8.06. The van der Waals surface area contributed by atoms with E-state index in [1.54, 1.807) is 66.7 Å². The average Bonchev–Trinajstić information content (AvgIpc) is 2.86. The number of hydrogen-bond donors (Lipinski definition) is 2. The Morgan fingerprint density at radius 3 is 2.06 bits per heavy atom. The Balaban J connectivity index is 1.56. The van der Waals surface area contributed by atoms with Crippen LogP contribution in [-0.2, 0) is 9.59 Å². The molecule has 178 valence electrons. The first-order valence-electron chi connectivity index (χ1n) is 10.9. The molecule has 0 aliphatic heterocycles. The number of allylic oxidation sites excluding steroid dienone is 2. The molecule has 0 saturated carbocycles. The predicted octanol–water partition coefficient (Wildman–Crippen LogP) is 7.15. The summed E-state index contributed by atoms with van der Waals surface area (Å²) in [4.78, 5) is 39.6. The van der Waals surface area contributed by atoms with Gasteiger partial charge in [0.2, 0.25) is 11.8 Å². The zero-order valence-electron chi connectivity index (χ0n) is 18.4. The highest BCUT2D eigenvalue weighted by molar-refractivity contribution is 9.10. The van der Waals surface area contributed by atoms with Crippen LogP contribution >= 0.6 is 39.1 Å². The molecule has 2 unspecified atom stereocenters. The van der Waals surface area contributed by atoms with Gasteiger partial charge in [0.15, 0.2) is 5.78 Å². The first-order chi connectivity index (χ1) is 16.8. The van der Waals surface area contributed by atoms with E-state index in [1.807, 2.05) is 12.2 Å². The van der Waals surface area contributed by atoms with Crippen molar-refractivity contribution in [2.75, 3.05) is 10.6 Å². The van der Waals surface area contributed by atoms with E-state index >= 15 is 0 Å². The molecule has 1 aliphatic carbocycles. The molecule has 0 radical (unpaired) electrons. The molecule has 3 aromatic carbocycles. The number of carbonyl (C=O) groups is 3. The summed E-state index contributed by atoms with van der Waals surface area (Å²) in [6.07, 6.45) is 4.65. The van der Waals surface area contributed by atoms with Crippen molar-refractivity contribution in [1.82, 2.24) is 0 Å². The van der Waals surface area contributed by atoms with Crippen molar-refractivity contribution in [3.8, 4) is 0 Å². The highest BCUT2D eigenvalue weighted by atomic mass is 79.9. The number of ketones is 1. The summed E-state index contributed by atoms with van der Waals surface area (Å²) in [6, 6.07) is 18.6. The molecule has 0 aromatic heterocycles. The summed E-state index contributed by atoms with van der Waals surface area (Å²) in [7, 11) is 0. The van der Waals surface area contributed by atoms with Gasteiger partial charge >= 0.3 is 0 Å². The third-order valence-corrected chi connectivity index (χ3v) is 6.90. The molecule has 1 aliphatic rings. The predicted molar refractivity (Wildman–Crippen MR) is 143 cm³/mol. The lowest BCUT2D eigenvalue weighted by atomic mass is 9.81. The quantitative estimate of drug-likeness (QED) is 0.244. The first-order valence-corrected chi connectivity index (χ1v) is 12.5. The number of nitrogens with one attached hydrogen (secondary N) is 2. The second-order valence-corrected chi connectivity index (χ2v) is 9.90. The largest absolute Gasteiger partial charge is 0.326 e. The normalized spacial score (nSPS) is 17.0. The van der Waals surface area contributed by atoms with E-state index in [9.17, 15) is 14.4 Å². The van der Waals surface area contributed by atoms with Crippen LogP contribution in [0.15, 0.2) is 83.4 Å². The number of rotatable bonds is 6. The van der Waals surface area contributed by atoms with Crippen LogP contribution in [-0.4, -0.2) is 17.6 Å². The summed E-state index contributed by atoms with van der Waals surface area (Å²) in [6.45, 7) is 0. The molecule has 0 fully saturated rings. The Hall–Kier alpha value is -2.93. The van der Waals surface area contributed by atoms with E-state index in [2.05, 4.69) is 26.6 Å². The van der Waals surface area contributed by atoms with E-state index < -0.39 is 11.8 Å². The lowest BCUT2D eigenvalue weighted by Gasteiger charge is -2.27. The minimum absolute atomic E-state index is 0.250. The summed E-state index contributed by atoms with van der Waals surface area (Å²) >= 11 is 15.6. The van der Waals surface area contributed by atoms with Crippen molar-refractivity contribution in [2.45, 2.75) is 12.8 Å². The molecule has 0 saturated heterocycles. The van der Waals surface area contributed by atoms with Gasteiger partial charge in [0.05, 0.1) is 22.5 Å². The fraction of sp³-hybridized carbons (Fsp3) is 0.148. The maximum Gasteiger partial charge on any atom is 0.228 e. The zero-order chi connectivity index (χ0) is 24.9. The van der Waals surface area contributed by atoms with Crippen LogP contribution in [0.5, 0.6) is 0 Å². The Labute approximate surface area is 221 Å². The monoisotopic (exact) mass is 570 g/mol. The van der Waals surface area contributed by atoms with Crippen LogP contribution in [0.1, 0.15) is 28.8 Å². The van der Waals surface area contributed by atoms with E-state index in [0.29, 0.717) is 49.9 Å². The van der Waals surface area contributed by atoms with Gasteiger partial charge in [0.1, 0.15) is 0 Å². The van der Waals surface area contributed by atoms with Gasteiger partial charge in [-0.1, -0.05) is 63.4 Å². The van der Waals surface area contributed by atoms with Crippen molar-refractivity contribution in [2.24, 2.45) is 11.8 Å². The minimum atomic E-state index is -0.598. The summed E-state index contributed by atoms with van der Waals surface area (Å²) in [5.41, 5.74) is 1.60. The molecular weight excluding hydrogens is 551 g/mol. The molecule has 0 bridgehead atoms. The van der Waals surface area contributed by atoms with Gasteiger partial charge in [-0.05, 0) is 67.4 Å². The lowest BCUT2D eigenvalue weighted by molar-refractivity contribution is -0.129. The topological polar surface area (TPSA) is 75.3 Å². The third kappa shape index (κ3) is 6.01. The number of anilines is 2. The van der Waals surface area contributed by atoms with Crippen LogP contribution in [0, 0.1) is 11.8 Å². The molecule has 2 amide bonds. The number of hydrogen-bond acceptors (Lipinski definition) is 3. The standard InChI is InChI=1S/C27H21BrCl2N2O3/c28-16-9-14-24(22(15-16)25(33)21-7-3-4-8-23(21)30)32-27(35)20-6-2-1-5-19(20)26(34)31-18-12-10-17(29)11-13-18/h1-4,7-15,19-20H,5-6H2,(H,31,34)(H,32,35). The second-order valence-electron chi connectivity index (χ2n) is 8.14. The molecule has 35 heavy (non-hydrogen) atoms. The van der Waals surface area contributed by atoms with Gasteiger partial charge in [-0.3, -0.25) is 14.4 Å². The van der Waals surface area contributed by atoms with Crippen molar-refractivity contribution >= 4 is 68.1 Å². The van der Waals surface area contributed by atoms with E-state index in [-0.39, 0.29) is 17.6 Å².